The Morgan fingerprint density at radius 3 is 1.00 bits per heavy atom. The Bertz CT molecular complexity index is 818. The van der Waals surface area contributed by atoms with E-state index < -0.39 is 6.15 Å². The van der Waals surface area contributed by atoms with E-state index in [9.17, 15) is 0 Å². The number of unbranched alkanes of at least 4 members (excludes halogenated alkanes) is 1. The van der Waals surface area contributed by atoms with Gasteiger partial charge in [0.05, 0.1) is 6.16 Å². The van der Waals surface area contributed by atoms with Gasteiger partial charge >= 0.3 is 0 Å². The molecule has 158 valence electrons. The number of hydrogen-bond donors (Lipinski definition) is 0. The van der Waals surface area contributed by atoms with E-state index in [1.807, 2.05) is 0 Å². The van der Waals surface area contributed by atoms with E-state index in [1.165, 1.54) is 40.9 Å². The summed E-state index contributed by atoms with van der Waals surface area (Å²) in [6.45, 7) is 4.56. The first kappa shape index (κ1) is 23.0. The van der Waals surface area contributed by atoms with Crippen molar-refractivity contribution in [2.45, 2.75) is 19.8 Å². The van der Waals surface area contributed by atoms with Crippen molar-refractivity contribution in [2.24, 2.45) is 0 Å². The molecule has 2 heteroatoms. The van der Waals surface area contributed by atoms with Gasteiger partial charge in [-0.2, -0.15) is 21.9 Å². The minimum absolute atomic E-state index is 0.784. The predicted octanol–water partition coefficient (Wildman–Crippen LogP) is 4.89. The van der Waals surface area contributed by atoms with E-state index in [0.29, 0.717) is 0 Å². The molecule has 0 fully saturated rings. The Labute approximate surface area is 190 Å². The molecule has 0 nitrogen and oxygen atoms in total. The zero-order valence-electron chi connectivity index (χ0n) is 18.8. The largest absolute Gasteiger partial charge is 0.195 e. The molecule has 0 bridgehead atoms. The van der Waals surface area contributed by atoms with Crippen molar-refractivity contribution in [1.29, 1.82) is 0 Å². The van der Waals surface area contributed by atoms with Crippen LogP contribution in [-0.4, -0.2) is 19.0 Å². The smallest absolute Gasteiger partial charge is 0.108 e. The Kier molecular flexibility index (Phi) is 9.13. The summed E-state index contributed by atoms with van der Waals surface area (Å²) >= 11 is 0. The standard InChI is InChI=1S/C24H20B.C5H13P/c1-5-13-21(14-6-1)25(22-15-7-2-8-16-22,23-17-9-3-10-18-23)24-19-11-4-12-20-24;1-3-4-5-6-2/h1-20H;6H,3-5H2,1-2H3/q-1;/p+1. The lowest BCUT2D eigenvalue weighted by Crippen LogP contribution is -2.74. The maximum atomic E-state index is 2.32. The van der Waals surface area contributed by atoms with Gasteiger partial charge in [0.15, 0.2) is 0 Å². The van der Waals surface area contributed by atoms with E-state index in [0.717, 1.165) is 8.58 Å². The highest BCUT2D eigenvalue weighted by atomic mass is 31.1. The molecule has 4 aromatic rings. The van der Waals surface area contributed by atoms with E-state index in [-0.39, 0.29) is 0 Å². The third-order valence-corrected chi connectivity index (χ3v) is 7.03. The molecule has 0 aromatic heterocycles. The first-order chi connectivity index (χ1) is 15.3. The van der Waals surface area contributed by atoms with Crippen molar-refractivity contribution in [3.63, 3.8) is 0 Å². The summed E-state index contributed by atoms with van der Waals surface area (Å²) in [6.07, 6.45) is 3.11. The highest BCUT2D eigenvalue weighted by Gasteiger charge is 2.30. The molecule has 0 spiro atoms. The van der Waals surface area contributed by atoms with Crippen LogP contribution in [0.1, 0.15) is 19.8 Å². The van der Waals surface area contributed by atoms with Crippen LogP contribution < -0.4 is 21.9 Å². The van der Waals surface area contributed by atoms with Crippen molar-refractivity contribution >= 4 is 36.6 Å². The average molecular weight is 424 g/mol. The van der Waals surface area contributed by atoms with Crippen molar-refractivity contribution in [1.82, 2.24) is 0 Å². The van der Waals surface area contributed by atoms with Crippen LogP contribution in [0.4, 0.5) is 0 Å². The van der Waals surface area contributed by atoms with Gasteiger partial charge in [0.25, 0.3) is 0 Å². The molecule has 1 atom stereocenters. The molecule has 1 unspecified atom stereocenters. The Morgan fingerprint density at radius 2 is 0.806 bits per heavy atom. The first-order valence-electron chi connectivity index (χ1n) is 11.5. The van der Waals surface area contributed by atoms with Gasteiger partial charge in [0.1, 0.15) is 6.15 Å². The van der Waals surface area contributed by atoms with Crippen LogP contribution in [0.15, 0.2) is 121 Å². The normalized spacial score (nSPS) is 11.2. The molecule has 0 heterocycles. The van der Waals surface area contributed by atoms with Crippen molar-refractivity contribution in [2.75, 3.05) is 12.8 Å². The minimum Gasteiger partial charge on any atom is -0.195 e. The molecule has 4 aromatic carbocycles. The first-order valence-corrected chi connectivity index (χ1v) is 13.5. The summed E-state index contributed by atoms with van der Waals surface area (Å²) in [4.78, 5) is 0. The molecule has 0 radical (unpaired) electrons. The zero-order chi connectivity index (χ0) is 21.8. The molecule has 4 rings (SSSR count). The van der Waals surface area contributed by atoms with Crippen molar-refractivity contribution < 1.29 is 0 Å². The molecule has 0 aliphatic rings. The second-order valence-electron chi connectivity index (χ2n) is 8.06. The second kappa shape index (κ2) is 12.3. The topological polar surface area (TPSA) is 0 Å². The lowest BCUT2D eigenvalue weighted by molar-refractivity contribution is 0.895. The molecule has 0 amide bonds. The summed E-state index contributed by atoms with van der Waals surface area (Å²) in [7, 11) is 0.784. The SMILES string of the molecule is CCCC[PH2+]C.c1ccc([B-](c2ccccc2)(c2ccccc2)c2ccccc2)cc1. The van der Waals surface area contributed by atoms with Crippen LogP contribution in [0.2, 0.25) is 0 Å². The van der Waals surface area contributed by atoms with Crippen molar-refractivity contribution in [3.05, 3.63) is 121 Å². The predicted molar refractivity (Wildman–Crippen MR) is 145 cm³/mol. The molecular weight excluding hydrogens is 390 g/mol. The molecule has 0 N–H and O–H groups in total. The van der Waals surface area contributed by atoms with Gasteiger partial charge in [-0.15, -0.1) is 0 Å². The van der Waals surface area contributed by atoms with Gasteiger partial charge in [-0.25, -0.2) is 0 Å². The van der Waals surface area contributed by atoms with Gasteiger partial charge < -0.3 is 0 Å². The third kappa shape index (κ3) is 5.55. The summed E-state index contributed by atoms with van der Waals surface area (Å²) in [5, 5.41) is 0. The molecule has 0 aliphatic heterocycles. The van der Waals surface area contributed by atoms with E-state index in [1.54, 1.807) is 0 Å². The number of rotatable bonds is 7. The summed E-state index contributed by atoms with van der Waals surface area (Å²) in [6, 6.07) is 43.5. The zero-order valence-corrected chi connectivity index (χ0v) is 20.0. The minimum atomic E-state index is -1.22. The summed E-state index contributed by atoms with van der Waals surface area (Å²) in [5.41, 5.74) is 5.36. The lowest BCUT2D eigenvalue weighted by Gasteiger charge is -2.44. The number of hydrogen-bond acceptors (Lipinski definition) is 0. The van der Waals surface area contributed by atoms with Crippen LogP contribution in [0, 0.1) is 0 Å². The maximum Gasteiger partial charge on any atom is 0.108 e. The second-order valence-corrected chi connectivity index (χ2v) is 9.45. The quantitative estimate of drug-likeness (QED) is 0.225. The Morgan fingerprint density at radius 1 is 0.516 bits per heavy atom. The highest BCUT2D eigenvalue weighted by Crippen LogP contribution is 2.09. The maximum absolute atomic E-state index is 2.32. The van der Waals surface area contributed by atoms with Gasteiger partial charge in [-0.1, -0.05) is 135 Å². The van der Waals surface area contributed by atoms with Crippen LogP contribution in [0.3, 0.4) is 0 Å². The average Bonchev–Trinajstić information content (AvgIpc) is 2.86. The monoisotopic (exact) mass is 424 g/mol. The van der Waals surface area contributed by atoms with Gasteiger partial charge in [0.2, 0.25) is 0 Å². The fourth-order valence-corrected chi connectivity index (χ4v) is 5.35. The van der Waals surface area contributed by atoms with Crippen LogP contribution in [-0.2, 0) is 0 Å². The fraction of sp³-hybridized carbons (Fsp3) is 0.172. The van der Waals surface area contributed by atoms with Gasteiger partial charge in [-0.3, -0.25) is 0 Å². The van der Waals surface area contributed by atoms with Gasteiger partial charge in [0, 0.05) is 6.66 Å². The van der Waals surface area contributed by atoms with Crippen LogP contribution >= 0.6 is 8.58 Å². The highest BCUT2D eigenvalue weighted by molar-refractivity contribution is 7.36. The van der Waals surface area contributed by atoms with Crippen molar-refractivity contribution in [3.8, 4) is 0 Å². The van der Waals surface area contributed by atoms with Crippen LogP contribution in [0.25, 0.3) is 0 Å². The summed E-state index contributed by atoms with van der Waals surface area (Å²) in [5.74, 6) is 0. The molecule has 0 saturated heterocycles. The van der Waals surface area contributed by atoms with E-state index >= 15 is 0 Å². The Hall–Kier alpha value is -2.63. The molecule has 0 saturated carbocycles. The summed E-state index contributed by atoms with van der Waals surface area (Å²) < 4.78 is 0. The molecular formula is C29H34BP. The molecule has 31 heavy (non-hydrogen) atoms. The fourth-order valence-electron chi connectivity index (χ4n) is 4.53. The Balaban J connectivity index is 0.000000401. The van der Waals surface area contributed by atoms with E-state index in [4.69, 9.17) is 0 Å². The van der Waals surface area contributed by atoms with E-state index in [2.05, 4.69) is 135 Å². The molecule has 0 aliphatic carbocycles. The third-order valence-electron chi connectivity index (χ3n) is 6.04. The van der Waals surface area contributed by atoms with Gasteiger partial charge in [-0.05, 0) is 15.0 Å². The van der Waals surface area contributed by atoms with Crippen LogP contribution in [0.5, 0.6) is 0 Å². The number of benzene rings is 4. The lowest BCUT2D eigenvalue weighted by atomic mass is 9.13.